The molecule has 0 spiro atoms. The van der Waals surface area contributed by atoms with Gasteiger partial charge in [-0.3, -0.25) is 9.59 Å². The first kappa shape index (κ1) is 15.7. The van der Waals surface area contributed by atoms with Crippen molar-refractivity contribution in [1.29, 1.82) is 0 Å². The number of thiophene rings is 1. The van der Waals surface area contributed by atoms with Crippen LogP contribution in [0.5, 0.6) is 0 Å². The van der Waals surface area contributed by atoms with Crippen LogP contribution in [0.25, 0.3) is 20.2 Å². The second kappa shape index (κ2) is 6.12. The SMILES string of the molecule is CCC(C)NC(=O)Cn1nc(C)c2sc3ccccc3c2c1=O. The Morgan fingerprint density at radius 3 is 2.87 bits per heavy atom. The van der Waals surface area contributed by atoms with Gasteiger partial charge >= 0.3 is 0 Å². The van der Waals surface area contributed by atoms with Gasteiger partial charge < -0.3 is 5.32 Å². The molecule has 1 amide bonds. The van der Waals surface area contributed by atoms with Crippen LogP contribution in [0.15, 0.2) is 29.1 Å². The Balaban J connectivity index is 2.09. The molecule has 23 heavy (non-hydrogen) atoms. The predicted octanol–water partition coefficient (Wildman–Crippen LogP) is 2.83. The van der Waals surface area contributed by atoms with Crippen molar-refractivity contribution in [2.24, 2.45) is 0 Å². The number of rotatable bonds is 4. The number of benzene rings is 1. The Labute approximate surface area is 137 Å². The van der Waals surface area contributed by atoms with Crippen LogP contribution >= 0.6 is 11.3 Å². The minimum absolute atomic E-state index is 0.0515. The Kier molecular flexibility index (Phi) is 4.17. The smallest absolute Gasteiger partial charge is 0.276 e. The monoisotopic (exact) mass is 329 g/mol. The maximum Gasteiger partial charge on any atom is 0.276 e. The highest BCUT2D eigenvalue weighted by Gasteiger charge is 2.16. The van der Waals surface area contributed by atoms with E-state index in [1.165, 1.54) is 4.68 Å². The van der Waals surface area contributed by atoms with Crippen molar-refractivity contribution in [2.45, 2.75) is 39.8 Å². The highest BCUT2D eigenvalue weighted by Crippen LogP contribution is 2.32. The van der Waals surface area contributed by atoms with Gasteiger partial charge in [-0.05, 0) is 26.3 Å². The lowest BCUT2D eigenvalue weighted by Gasteiger charge is -2.12. The van der Waals surface area contributed by atoms with Crippen molar-refractivity contribution in [3.63, 3.8) is 0 Å². The highest BCUT2D eigenvalue weighted by atomic mass is 32.1. The van der Waals surface area contributed by atoms with Gasteiger partial charge in [-0.2, -0.15) is 5.10 Å². The Morgan fingerprint density at radius 2 is 2.13 bits per heavy atom. The molecule has 0 saturated carbocycles. The minimum atomic E-state index is -0.206. The molecule has 3 rings (SSSR count). The highest BCUT2D eigenvalue weighted by molar-refractivity contribution is 7.26. The summed E-state index contributed by atoms with van der Waals surface area (Å²) in [4.78, 5) is 24.8. The van der Waals surface area contributed by atoms with E-state index in [0.29, 0.717) is 5.39 Å². The molecule has 0 aliphatic rings. The number of carbonyl (C=O) groups is 1. The molecule has 0 bridgehead atoms. The van der Waals surface area contributed by atoms with Crippen molar-refractivity contribution in [2.75, 3.05) is 0 Å². The number of hydrogen-bond donors (Lipinski definition) is 1. The van der Waals surface area contributed by atoms with Gasteiger partial charge in [0.2, 0.25) is 5.91 Å². The molecule has 120 valence electrons. The maximum absolute atomic E-state index is 12.8. The Hall–Kier alpha value is -2.21. The molecule has 0 fully saturated rings. The summed E-state index contributed by atoms with van der Waals surface area (Å²) in [5.41, 5.74) is 0.569. The van der Waals surface area contributed by atoms with E-state index in [1.54, 1.807) is 11.3 Å². The number of aryl methyl sites for hydroxylation is 1. The van der Waals surface area contributed by atoms with Crippen LogP contribution < -0.4 is 10.9 Å². The van der Waals surface area contributed by atoms with E-state index < -0.39 is 0 Å². The van der Waals surface area contributed by atoms with E-state index in [4.69, 9.17) is 0 Å². The molecule has 1 atom stereocenters. The molecule has 3 aromatic rings. The van der Waals surface area contributed by atoms with Crippen LogP contribution in [0, 0.1) is 6.92 Å². The summed E-state index contributed by atoms with van der Waals surface area (Å²) < 4.78 is 3.23. The molecular formula is C17H19N3O2S. The number of amides is 1. The van der Waals surface area contributed by atoms with E-state index >= 15 is 0 Å². The van der Waals surface area contributed by atoms with E-state index in [2.05, 4.69) is 10.4 Å². The van der Waals surface area contributed by atoms with E-state index in [9.17, 15) is 9.59 Å². The molecule has 1 aromatic carbocycles. The molecule has 2 heterocycles. The van der Waals surface area contributed by atoms with Gasteiger partial charge in [-0.15, -0.1) is 11.3 Å². The average molecular weight is 329 g/mol. The summed E-state index contributed by atoms with van der Waals surface area (Å²) in [5, 5.41) is 8.78. The molecule has 0 radical (unpaired) electrons. The van der Waals surface area contributed by atoms with E-state index in [1.807, 2.05) is 45.0 Å². The molecule has 0 aliphatic heterocycles. The number of nitrogens with zero attached hydrogens (tertiary/aromatic N) is 2. The molecule has 1 N–H and O–H groups in total. The van der Waals surface area contributed by atoms with Crippen LogP contribution in [0.1, 0.15) is 26.0 Å². The molecule has 2 aromatic heterocycles. The summed E-state index contributed by atoms with van der Waals surface area (Å²) in [6.07, 6.45) is 0.849. The quantitative estimate of drug-likeness (QED) is 0.800. The number of hydrogen-bond acceptors (Lipinski definition) is 4. The normalized spacial score (nSPS) is 12.7. The first-order valence-electron chi connectivity index (χ1n) is 7.69. The summed E-state index contributed by atoms with van der Waals surface area (Å²) >= 11 is 1.57. The first-order chi connectivity index (χ1) is 11.0. The second-order valence-electron chi connectivity index (χ2n) is 5.73. The number of carbonyl (C=O) groups excluding carboxylic acids is 1. The van der Waals surface area contributed by atoms with Crippen LogP contribution in [0.2, 0.25) is 0 Å². The topological polar surface area (TPSA) is 64.0 Å². The second-order valence-corrected chi connectivity index (χ2v) is 6.78. The van der Waals surface area contributed by atoms with Gasteiger partial charge in [0.25, 0.3) is 5.56 Å². The van der Waals surface area contributed by atoms with Crippen molar-refractivity contribution in [3.05, 3.63) is 40.3 Å². The lowest BCUT2D eigenvalue weighted by Crippen LogP contribution is -2.38. The van der Waals surface area contributed by atoms with Gasteiger partial charge in [0, 0.05) is 16.1 Å². The molecular weight excluding hydrogens is 310 g/mol. The zero-order chi connectivity index (χ0) is 16.6. The fourth-order valence-electron chi connectivity index (χ4n) is 2.58. The third-order valence-corrected chi connectivity index (χ3v) is 5.24. The molecule has 6 heteroatoms. The molecule has 1 unspecified atom stereocenters. The third kappa shape index (κ3) is 2.86. The lowest BCUT2D eigenvalue weighted by atomic mass is 10.2. The largest absolute Gasteiger partial charge is 0.352 e. The Bertz CT molecular complexity index is 942. The van der Waals surface area contributed by atoms with Crippen molar-refractivity contribution in [1.82, 2.24) is 15.1 Å². The van der Waals surface area contributed by atoms with Gasteiger partial charge in [0.1, 0.15) is 6.54 Å². The summed E-state index contributed by atoms with van der Waals surface area (Å²) in [5.74, 6) is -0.188. The summed E-state index contributed by atoms with van der Waals surface area (Å²) in [7, 11) is 0. The number of aromatic nitrogens is 2. The van der Waals surface area contributed by atoms with Crippen molar-refractivity contribution < 1.29 is 4.79 Å². The molecule has 0 aliphatic carbocycles. The maximum atomic E-state index is 12.8. The van der Waals surface area contributed by atoms with Crippen LogP contribution in [0.3, 0.4) is 0 Å². The van der Waals surface area contributed by atoms with E-state index in [-0.39, 0.29) is 24.1 Å². The van der Waals surface area contributed by atoms with Gasteiger partial charge in [-0.1, -0.05) is 25.1 Å². The minimum Gasteiger partial charge on any atom is -0.352 e. The summed E-state index contributed by atoms with van der Waals surface area (Å²) in [6.45, 7) is 5.77. The van der Waals surface area contributed by atoms with Gasteiger partial charge in [0.05, 0.1) is 15.8 Å². The molecule has 5 nitrogen and oxygen atoms in total. The zero-order valence-electron chi connectivity index (χ0n) is 13.4. The zero-order valence-corrected chi connectivity index (χ0v) is 14.2. The van der Waals surface area contributed by atoms with Gasteiger partial charge in [-0.25, -0.2) is 4.68 Å². The fraction of sp³-hybridized carbons (Fsp3) is 0.353. The van der Waals surface area contributed by atoms with E-state index in [0.717, 1.165) is 26.9 Å². The third-order valence-electron chi connectivity index (χ3n) is 3.96. The lowest BCUT2D eigenvalue weighted by molar-refractivity contribution is -0.122. The fourth-order valence-corrected chi connectivity index (χ4v) is 3.71. The standard InChI is InChI=1S/C17H19N3O2S/c1-4-10(2)18-14(21)9-20-17(22)15-12-7-5-6-8-13(12)23-16(15)11(3)19-20/h5-8,10H,4,9H2,1-3H3,(H,18,21). The van der Waals surface area contributed by atoms with Gasteiger partial charge in [0.15, 0.2) is 0 Å². The average Bonchev–Trinajstić information content (AvgIpc) is 2.92. The van der Waals surface area contributed by atoms with Crippen molar-refractivity contribution >= 4 is 37.4 Å². The first-order valence-corrected chi connectivity index (χ1v) is 8.51. The number of nitrogens with one attached hydrogen (secondary N) is 1. The van der Waals surface area contributed by atoms with Crippen LogP contribution in [-0.4, -0.2) is 21.7 Å². The predicted molar refractivity (Wildman–Crippen MR) is 94.0 cm³/mol. The molecule has 0 saturated heterocycles. The van der Waals surface area contributed by atoms with Crippen molar-refractivity contribution in [3.8, 4) is 0 Å². The van der Waals surface area contributed by atoms with Crippen LogP contribution in [-0.2, 0) is 11.3 Å². The Morgan fingerprint density at radius 1 is 1.39 bits per heavy atom. The van der Waals surface area contributed by atoms with Crippen LogP contribution in [0.4, 0.5) is 0 Å². The summed E-state index contributed by atoms with van der Waals surface area (Å²) in [6, 6.07) is 7.91. The number of fused-ring (bicyclic) bond motifs is 3.